The van der Waals surface area contributed by atoms with Gasteiger partial charge < -0.3 is 19.8 Å². The third kappa shape index (κ3) is 4.46. The molecule has 0 radical (unpaired) electrons. The number of ether oxygens (including phenoxy) is 1. The van der Waals surface area contributed by atoms with Gasteiger partial charge in [-0.2, -0.15) is 0 Å². The minimum Gasteiger partial charge on any atom is -0.457 e. The van der Waals surface area contributed by atoms with Gasteiger partial charge in [0.25, 0.3) is 0 Å². The van der Waals surface area contributed by atoms with Gasteiger partial charge in [0.05, 0.1) is 6.61 Å². The van der Waals surface area contributed by atoms with Crippen molar-refractivity contribution in [3.05, 3.63) is 121 Å². The maximum atomic E-state index is 9.45. The third-order valence-corrected chi connectivity index (χ3v) is 8.87. The van der Waals surface area contributed by atoms with E-state index in [9.17, 15) is 5.11 Å². The van der Waals surface area contributed by atoms with Crippen LogP contribution < -0.4 is 4.74 Å². The number of benzene rings is 5. The molecule has 0 fully saturated rings. The van der Waals surface area contributed by atoms with Crippen molar-refractivity contribution in [2.45, 2.75) is 6.61 Å². The summed E-state index contributed by atoms with van der Waals surface area (Å²) in [5.74, 6) is 3.40. The summed E-state index contributed by atoms with van der Waals surface area (Å²) in [7, 11) is 0. The molecule has 0 unspecified atom stereocenters. The molecule has 8 bridgehead atoms. The molecule has 49 heavy (non-hydrogen) atoms. The molecule has 3 aromatic heterocycles. The smallest absolute Gasteiger partial charge is 0.164 e. The molecule has 10 heteroatoms. The van der Waals surface area contributed by atoms with Crippen molar-refractivity contribution in [1.82, 2.24) is 39.9 Å². The van der Waals surface area contributed by atoms with Gasteiger partial charge in [-0.3, -0.25) is 0 Å². The monoisotopic (exact) mass is 636 g/mol. The van der Waals surface area contributed by atoms with Crippen molar-refractivity contribution in [2.24, 2.45) is 0 Å². The highest BCUT2D eigenvalue weighted by molar-refractivity contribution is 6.06. The van der Waals surface area contributed by atoms with Crippen LogP contribution in [0.25, 0.3) is 89.7 Å². The highest BCUT2D eigenvalue weighted by atomic mass is 16.5. The van der Waals surface area contributed by atoms with Crippen LogP contribution in [0.2, 0.25) is 0 Å². The first-order valence-electron chi connectivity index (χ1n) is 15.8. The molecule has 0 saturated carbocycles. The molecule has 0 amide bonds. The van der Waals surface area contributed by atoms with Gasteiger partial charge >= 0.3 is 0 Å². The van der Waals surface area contributed by atoms with E-state index in [0.29, 0.717) is 57.4 Å². The Morgan fingerprint density at radius 3 is 1.31 bits per heavy atom. The van der Waals surface area contributed by atoms with Crippen LogP contribution in [0.1, 0.15) is 5.56 Å². The molecule has 5 heterocycles. The number of aliphatic hydroxyl groups excluding tert-OH is 1. The molecule has 8 aromatic rings. The van der Waals surface area contributed by atoms with Crippen molar-refractivity contribution < 1.29 is 9.84 Å². The fraction of sp³-hybridized carbons (Fsp3) is 0.0256. The van der Waals surface area contributed by atoms with Crippen molar-refractivity contribution >= 4 is 44.1 Å². The van der Waals surface area contributed by atoms with Crippen molar-refractivity contribution in [2.75, 3.05) is 0 Å². The first-order chi connectivity index (χ1) is 24.2. The first kappa shape index (κ1) is 27.3. The fourth-order valence-corrected chi connectivity index (χ4v) is 6.48. The lowest BCUT2D eigenvalue weighted by atomic mass is 10.1. The Balaban J connectivity index is 1.28. The molecule has 0 saturated heterocycles. The Bertz CT molecular complexity index is 2800. The van der Waals surface area contributed by atoms with Crippen LogP contribution in [-0.4, -0.2) is 45.0 Å². The van der Waals surface area contributed by atoms with Crippen LogP contribution in [0.4, 0.5) is 0 Å². The number of fused-ring (bicyclic) bond motifs is 20. The van der Waals surface area contributed by atoms with E-state index in [1.165, 1.54) is 0 Å². The molecule has 10 rings (SSSR count). The number of rotatable bonds is 3. The molecular weight excluding hydrogens is 612 g/mol. The summed E-state index contributed by atoms with van der Waals surface area (Å²) < 4.78 is 6.23. The van der Waals surface area contributed by atoms with Gasteiger partial charge in [0.15, 0.2) is 23.3 Å². The fourth-order valence-electron chi connectivity index (χ4n) is 6.48. The minimum atomic E-state index is -0.0303. The maximum Gasteiger partial charge on any atom is 0.164 e. The van der Waals surface area contributed by atoms with Crippen LogP contribution in [0.15, 0.2) is 115 Å². The van der Waals surface area contributed by atoms with Crippen LogP contribution in [0.5, 0.6) is 11.5 Å². The lowest BCUT2D eigenvalue weighted by Crippen LogP contribution is -1.88. The van der Waals surface area contributed by atoms with Gasteiger partial charge in [0, 0.05) is 43.8 Å². The zero-order valence-corrected chi connectivity index (χ0v) is 25.7. The predicted molar refractivity (Wildman–Crippen MR) is 188 cm³/mol. The van der Waals surface area contributed by atoms with E-state index in [-0.39, 0.29) is 6.61 Å². The standard InChI is InChI=1S/C39H24N8O2/c48-20-21-13-15-22(16-14-21)49-23-17-18-30-31(19-23)39-46-37-29-12-6-5-11-28(29)35(44-37)42-33-25-8-2-1-7-24(25)32(40-33)41-34-26-9-3-4-10-27(26)36(43-34)45-38(30)47-39/h1-19,48H,20H2,(H2,40,41,42,43,44,45,46,47). The molecule has 232 valence electrons. The lowest BCUT2D eigenvalue weighted by molar-refractivity contribution is 0.281. The average molecular weight is 637 g/mol. The summed E-state index contributed by atoms with van der Waals surface area (Å²) in [6.45, 7) is -0.0303. The van der Waals surface area contributed by atoms with Gasteiger partial charge in [0.2, 0.25) is 0 Å². The topological polar surface area (TPSA) is 138 Å². The van der Waals surface area contributed by atoms with Crippen LogP contribution in [0, 0.1) is 0 Å². The molecule has 2 aliphatic heterocycles. The lowest BCUT2D eigenvalue weighted by Gasteiger charge is -2.08. The number of nitrogens with one attached hydrogen (secondary N) is 2. The second-order valence-electron chi connectivity index (χ2n) is 11.9. The van der Waals surface area contributed by atoms with Crippen LogP contribution in [-0.2, 0) is 6.61 Å². The number of hydrogen-bond acceptors (Lipinski definition) is 8. The van der Waals surface area contributed by atoms with Crippen molar-refractivity contribution in [3.63, 3.8) is 0 Å². The molecular formula is C39H24N8O2. The van der Waals surface area contributed by atoms with E-state index in [0.717, 1.165) is 49.4 Å². The summed E-state index contributed by atoms with van der Waals surface area (Å²) in [4.78, 5) is 37.1. The summed E-state index contributed by atoms with van der Waals surface area (Å²) in [6, 6.07) is 37.1. The maximum absolute atomic E-state index is 9.45. The second kappa shape index (κ2) is 10.6. The first-order valence-corrected chi connectivity index (χ1v) is 15.8. The summed E-state index contributed by atoms with van der Waals surface area (Å²) in [6.07, 6.45) is 0. The molecule has 0 atom stereocenters. The van der Waals surface area contributed by atoms with E-state index >= 15 is 0 Å². The van der Waals surface area contributed by atoms with Gasteiger partial charge in [0.1, 0.15) is 34.1 Å². The third-order valence-electron chi connectivity index (χ3n) is 8.87. The van der Waals surface area contributed by atoms with E-state index in [4.69, 9.17) is 34.6 Å². The van der Waals surface area contributed by atoms with E-state index in [1.807, 2.05) is 115 Å². The Morgan fingerprint density at radius 1 is 0.429 bits per heavy atom. The molecule has 3 N–H and O–H groups in total. The number of aromatic nitrogens is 8. The largest absolute Gasteiger partial charge is 0.457 e. The zero-order valence-electron chi connectivity index (χ0n) is 25.7. The molecule has 0 aliphatic carbocycles. The summed E-state index contributed by atoms with van der Waals surface area (Å²) in [5.41, 5.74) is 6.74. The zero-order chi connectivity index (χ0) is 32.5. The van der Waals surface area contributed by atoms with Gasteiger partial charge in [-0.25, -0.2) is 29.9 Å². The number of aliphatic hydroxyl groups is 1. The Hall–Kier alpha value is -6.78. The highest BCUT2D eigenvalue weighted by Crippen LogP contribution is 2.39. The number of nitrogens with zero attached hydrogens (tertiary/aromatic N) is 6. The molecule has 10 nitrogen and oxygen atoms in total. The van der Waals surface area contributed by atoms with Crippen molar-refractivity contribution in [3.8, 4) is 57.1 Å². The number of hydrogen-bond donors (Lipinski definition) is 3. The molecule has 5 aromatic carbocycles. The van der Waals surface area contributed by atoms with Gasteiger partial charge in [-0.1, -0.05) is 84.9 Å². The summed E-state index contributed by atoms with van der Waals surface area (Å²) >= 11 is 0. The Kier molecular flexibility index (Phi) is 5.93. The van der Waals surface area contributed by atoms with Crippen LogP contribution >= 0.6 is 0 Å². The minimum absolute atomic E-state index is 0.0303. The molecule has 0 spiro atoms. The van der Waals surface area contributed by atoms with E-state index < -0.39 is 0 Å². The predicted octanol–water partition coefficient (Wildman–Crippen LogP) is 8.15. The average Bonchev–Trinajstić information content (AvgIpc) is 3.87. The SMILES string of the molecule is OCc1ccc(Oc2ccc3c(c2)-c2nc-3nc3[nH]c(nc4nc(nc5[nH]c(n2)c2ccccc52)-c2ccccc2-4)c2ccccc32)cc1. The number of H-pyrrole nitrogens is 2. The van der Waals surface area contributed by atoms with Crippen molar-refractivity contribution in [1.29, 1.82) is 0 Å². The second-order valence-corrected chi connectivity index (χ2v) is 11.9. The Labute approximate surface area is 277 Å². The summed E-state index contributed by atoms with van der Waals surface area (Å²) in [5, 5.41) is 13.1. The van der Waals surface area contributed by atoms with E-state index in [1.54, 1.807) is 0 Å². The normalized spacial score (nSPS) is 11.9. The number of aromatic amines is 2. The Morgan fingerprint density at radius 2 is 0.837 bits per heavy atom. The molecule has 2 aliphatic rings. The van der Waals surface area contributed by atoms with Gasteiger partial charge in [-0.05, 0) is 35.9 Å². The quantitative estimate of drug-likeness (QED) is 0.177. The van der Waals surface area contributed by atoms with E-state index in [2.05, 4.69) is 9.97 Å². The highest BCUT2D eigenvalue weighted by Gasteiger charge is 2.23. The van der Waals surface area contributed by atoms with Gasteiger partial charge in [-0.15, -0.1) is 0 Å². The van der Waals surface area contributed by atoms with Crippen LogP contribution in [0.3, 0.4) is 0 Å².